The third kappa shape index (κ3) is 2.91. The van der Waals surface area contributed by atoms with Crippen molar-refractivity contribution in [2.75, 3.05) is 5.73 Å². The number of nitrogens with zero attached hydrogens (tertiary/aromatic N) is 2. The third-order valence-corrected chi connectivity index (χ3v) is 3.75. The second-order valence-corrected chi connectivity index (χ2v) is 5.42. The van der Waals surface area contributed by atoms with Crippen LogP contribution in [0.1, 0.15) is 57.6 Å². The number of unbranched alkanes of at least 4 members (excludes halogenated alkanes) is 1. The standard InChI is InChI=1S/C16H25N3/c1-4-6-8-13(7-5-2)19-15-11-12(3)9-10-14(15)18-16(19)17/h9-11,13H,4-8H2,1-3H3,(H2,17,18). The second kappa shape index (κ2) is 6.09. The lowest BCUT2D eigenvalue weighted by atomic mass is 10.0. The predicted molar refractivity (Wildman–Crippen MR) is 82.4 cm³/mol. The van der Waals surface area contributed by atoms with E-state index in [0.717, 1.165) is 5.52 Å². The van der Waals surface area contributed by atoms with E-state index in [1.807, 2.05) is 0 Å². The largest absolute Gasteiger partial charge is 0.369 e. The summed E-state index contributed by atoms with van der Waals surface area (Å²) in [6, 6.07) is 6.85. The highest BCUT2D eigenvalue weighted by atomic mass is 15.2. The number of benzene rings is 1. The topological polar surface area (TPSA) is 43.8 Å². The van der Waals surface area contributed by atoms with Gasteiger partial charge in [0, 0.05) is 6.04 Å². The molecule has 1 unspecified atom stereocenters. The van der Waals surface area contributed by atoms with Gasteiger partial charge in [-0.15, -0.1) is 0 Å². The molecule has 0 amide bonds. The van der Waals surface area contributed by atoms with Crippen LogP contribution in [-0.4, -0.2) is 9.55 Å². The highest BCUT2D eigenvalue weighted by Crippen LogP contribution is 2.29. The number of imidazole rings is 1. The first-order valence-corrected chi connectivity index (χ1v) is 7.41. The van der Waals surface area contributed by atoms with Crippen molar-refractivity contribution in [3.05, 3.63) is 23.8 Å². The summed E-state index contributed by atoms with van der Waals surface area (Å²) in [4.78, 5) is 4.51. The molecule has 0 aliphatic carbocycles. The minimum Gasteiger partial charge on any atom is -0.369 e. The monoisotopic (exact) mass is 259 g/mol. The smallest absolute Gasteiger partial charge is 0.201 e. The highest BCUT2D eigenvalue weighted by molar-refractivity contribution is 5.79. The van der Waals surface area contributed by atoms with Gasteiger partial charge in [-0.05, 0) is 37.5 Å². The van der Waals surface area contributed by atoms with Crippen LogP contribution in [0.4, 0.5) is 5.95 Å². The van der Waals surface area contributed by atoms with E-state index in [0.29, 0.717) is 12.0 Å². The van der Waals surface area contributed by atoms with Crippen LogP contribution in [0, 0.1) is 6.92 Å². The lowest BCUT2D eigenvalue weighted by Crippen LogP contribution is -2.12. The summed E-state index contributed by atoms with van der Waals surface area (Å²) in [5.74, 6) is 0.662. The number of aryl methyl sites for hydroxylation is 1. The van der Waals surface area contributed by atoms with Crippen molar-refractivity contribution in [2.24, 2.45) is 0 Å². The molecule has 0 aliphatic heterocycles. The van der Waals surface area contributed by atoms with Gasteiger partial charge >= 0.3 is 0 Å². The fourth-order valence-corrected chi connectivity index (χ4v) is 2.78. The fourth-order valence-electron chi connectivity index (χ4n) is 2.78. The molecule has 0 bridgehead atoms. The van der Waals surface area contributed by atoms with Crippen LogP contribution in [0.25, 0.3) is 11.0 Å². The first kappa shape index (κ1) is 13.9. The Morgan fingerprint density at radius 3 is 2.68 bits per heavy atom. The van der Waals surface area contributed by atoms with Crippen LogP contribution in [0.2, 0.25) is 0 Å². The molecule has 0 aliphatic rings. The first-order chi connectivity index (χ1) is 9.17. The number of hydrogen-bond acceptors (Lipinski definition) is 2. The van der Waals surface area contributed by atoms with Crippen molar-refractivity contribution < 1.29 is 0 Å². The Balaban J connectivity index is 2.44. The SMILES string of the molecule is CCCCC(CCC)n1c(N)nc2ccc(C)cc21. The molecule has 2 rings (SSSR count). The number of anilines is 1. The van der Waals surface area contributed by atoms with Crippen LogP contribution in [0.3, 0.4) is 0 Å². The van der Waals surface area contributed by atoms with Gasteiger partial charge in [-0.3, -0.25) is 0 Å². The van der Waals surface area contributed by atoms with Crippen LogP contribution >= 0.6 is 0 Å². The molecule has 0 fully saturated rings. The number of hydrogen-bond donors (Lipinski definition) is 1. The van der Waals surface area contributed by atoms with Crippen LogP contribution in [0.5, 0.6) is 0 Å². The minimum absolute atomic E-state index is 0.483. The summed E-state index contributed by atoms with van der Waals surface area (Å²) >= 11 is 0. The molecule has 2 aromatic rings. The highest BCUT2D eigenvalue weighted by Gasteiger charge is 2.16. The third-order valence-electron chi connectivity index (χ3n) is 3.75. The van der Waals surface area contributed by atoms with E-state index in [9.17, 15) is 0 Å². The maximum atomic E-state index is 6.16. The Hall–Kier alpha value is -1.51. The maximum absolute atomic E-state index is 6.16. The Bertz CT molecular complexity index is 542. The molecule has 1 heterocycles. The van der Waals surface area contributed by atoms with Crippen LogP contribution in [-0.2, 0) is 0 Å². The van der Waals surface area contributed by atoms with E-state index < -0.39 is 0 Å². The van der Waals surface area contributed by atoms with E-state index in [-0.39, 0.29) is 0 Å². The van der Waals surface area contributed by atoms with E-state index >= 15 is 0 Å². The molecular weight excluding hydrogens is 234 g/mol. The van der Waals surface area contributed by atoms with Crippen molar-refractivity contribution in [3.8, 4) is 0 Å². The van der Waals surface area contributed by atoms with Crippen LogP contribution in [0.15, 0.2) is 18.2 Å². The van der Waals surface area contributed by atoms with Gasteiger partial charge in [0.1, 0.15) is 0 Å². The summed E-state index contributed by atoms with van der Waals surface area (Å²) in [6.45, 7) is 6.59. The molecule has 3 nitrogen and oxygen atoms in total. The molecule has 19 heavy (non-hydrogen) atoms. The average Bonchev–Trinajstić information content (AvgIpc) is 2.70. The van der Waals surface area contributed by atoms with Crippen molar-refractivity contribution in [1.82, 2.24) is 9.55 Å². The van der Waals surface area contributed by atoms with E-state index in [2.05, 4.69) is 48.5 Å². The zero-order chi connectivity index (χ0) is 13.8. The van der Waals surface area contributed by atoms with Gasteiger partial charge in [-0.25, -0.2) is 4.98 Å². The molecule has 104 valence electrons. The minimum atomic E-state index is 0.483. The normalized spacial score (nSPS) is 13.0. The first-order valence-electron chi connectivity index (χ1n) is 7.41. The maximum Gasteiger partial charge on any atom is 0.201 e. The lowest BCUT2D eigenvalue weighted by Gasteiger charge is -2.20. The second-order valence-electron chi connectivity index (χ2n) is 5.42. The van der Waals surface area contributed by atoms with Crippen molar-refractivity contribution in [1.29, 1.82) is 0 Å². The average molecular weight is 259 g/mol. The van der Waals surface area contributed by atoms with Crippen molar-refractivity contribution >= 4 is 17.0 Å². The zero-order valence-electron chi connectivity index (χ0n) is 12.3. The summed E-state index contributed by atoms with van der Waals surface area (Å²) in [7, 11) is 0. The molecular formula is C16H25N3. The van der Waals surface area contributed by atoms with Gasteiger partial charge in [0.2, 0.25) is 5.95 Å². The summed E-state index contributed by atoms with van der Waals surface area (Å²) in [6.07, 6.45) is 6.01. The summed E-state index contributed by atoms with van der Waals surface area (Å²) < 4.78 is 2.25. The van der Waals surface area contributed by atoms with Gasteiger partial charge in [0.05, 0.1) is 11.0 Å². The molecule has 1 aromatic carbocycles. The molecule has 0 saturated heterocycles. The van der Waals surface area contributed by atoms with E-state index in [1.165, 1.54) is 43.2 Å². The predicted octanol–water partition coefficient (Wildman–Crippen LogP) is 4.46. The molecule has 0 radical (unpaired) electrons. The van der Waals surface area contributed by atoms with Crippen molar-refractivity contribution in [2.45, 2.75) is 58.9 Å². The van der Waals surface area contributed by atoms with Gasteiger partial charge in [-0.1, -0.05) is 39.2 Å². The summed E-state index contributed by atoms with van der Waals surface area (Å²) in [5.41, 5.74) is 9.62. The molecule has 3 heteroatoms. The molecule has 0 saturated carbocycles. The molecule has 0 spiro atoms. The number of rotatable bonds is 6. The lowest BCUT2D eigenvalue weighted by molar-refractivity contribution is 0.430. The fraction of sp³-hybridized carbons (Fsp3) is 0.562. The van der Waals surface area contributed by atoms with E-state index in [4.69, 9.17) is 5.73 Å². The Kier molecular flexibility index (Phi) is 4.46. The van der Waals surface area contributed by atoms with Gasteiger partial charge in [0.15, 0.2) is 0 Å². The Morgan fingerprint density at radius 2 is 2.00 bits per heavy atom. The van der Waals surface area contributed by atoms with E-state index in [1.54, 1.807) is 0 Å². The van der Waals surface area contributed by atoms with Crippen molar-refractivity contribution in [3.63, 3.8) is 0 Å². The Morgan fingerprint density at radius 1 is 1.21 bits per heavy atom. The Labute approximate surface area is 115 Å². The van der Waals surface area contributed by atoms with Gasteiger partial charge in [-0.2, -0.15) is 0 Å². The number of nitrogens with two attached hydrogens (primary N) is 1. The van der Waals surface area contributed by atoms with Crippen LogP contribution < -0.4 is 5.73 Å². The molecule has 2 N–H and O–H groups in total. The number of fused-ring (bicyclic) bond motifs is 1. The molecule has 1 atom stereocenters. The van der Waals surface area contributed by atoms with Gasteiger partial charge < -0.3 is 10.3 Å². The number of aromatic nitrogens is 2. The quantitative estimate of drug-likeness (QED) is 0.832. The zero-order valence-corrected chi connectivity index (χ0v) is 12.3. The van der Waals surface area contributed by atoms with Gasteiger partial charge in [0.25, 0.3) is 0 Å². The summed E-state index contributed by atoms with van der Waals surface area (Å²) in [5, 5.41) is 0. The molecule has 1 aromatic heterocycles. The number of nitrogen functional groups attached to an aromatic ring is 1.